The predicted octanol–water partition coefficient (Wildman–Crippen LogP) is 4.67. The summed E-state index contributed by atoms with van der Waals surface area (Å²) in [6.07, 6.45) is 4.89. The average Bonchev–Trinajstić information content (AvgIpc) is 2.84. The Hall–Kier alpha value is -4.38. The van der Waals surface area contributed by atoms with Gasteiger partial charge in [0.25, 0.3) is 5.56 Å². The number of aromatic amines is 1. The van der Waals surface area contributed by atoms with E-state index in [2.05, 4.69) is 27.1 Å². The van der Waals surface area contributed by atoms with Gasteiger partial charge in [-0.3, -0.25) is 9.78 Å². The molecule has 8 heteroatoms. The van der Waals surface area contributed by atoms with Crippen LogP contribution in [-0.2, 0) is 6.42 Å². The number of hydrogen-bond donors (Lipinski definition) is 2. The van der Waals surface area contributed by atoms with Gasteiger partial charge in [-0.1, -0.05) is 43.3 Å². The minimum Gasteiger partial charge on any atom is -0.490 e. The number of rotatable bonds is 11. The summed E-state index contributed by atoms with van der Waals surface area (Å²) >= 11 is 0. The van der Waals surface area contributed by atoms with Crippen LogP contribution in [0.2, 0.25) is 0 Å². The van der Waals surface area contributed by atoms with Crippen molar-refractivity contribution in [2.24, 2.45) is 5.10 Å². The molecule has 0 atom stereocenters. The second kappa shape index (κ2) is 12.0. The van der Waals surface area contributed by atoms with Gasteiger partial charge in [-0.15, -0.1) is 6.58 Å². The fourth-order valence-electron chi connectivity index (χ4n) is 3.30. The van der Waals surface area contributed by atoms with E-state index >= 15 is 0 Å². The third kappa shape index (κ3) is 5.90. The monoisotopic (exact) mass is 457 g/mol. The fraction of sp³-hybridized carbons (Fsp3) is 0.231. The number of nitrogens with one attached hydrogen (secondary N) is 2. The summed E-state index contributed by atoms with van der Waals surface area (Å²) in [5.74, 6) is 1.46. The predicted molar refractivity (Wildman–Crippen MR) is 134 cm³/mol. The highest BCUT2D eigenvalue weighted by Gasteiger charge is 2.14. The first-order chi connectivity index (χ1) is 16.6. The van der Waals surface area contributed by atoms with Crippen molar-refractivity contribution in [3.8, 4) is 28.8 Å². The number of H-pyrrole nitrogens is 1. The molecule has 2 aromatic carbocycles. The molecule has 34 heavy (non-hydrogen) atoms. The quantitative estimate of drug-likeness (QED) is 0.246. The molecule has 1 heterocycles. The molecule has 0 spiro atoms. The van der Waals surface area contributed by atoms with Crippen LogP contribution < -0.4 is 20.5 Å². The van der Waals surface area contributed by atoms with Gasteiger partial charge in [0.2, 0.25) is 5.95 Å². The van der Waals surface area contributed by atoms with Crippen molar-refractivity contribution in [2.45, 2.75) is 26.7 Å². The van der Waals surface area contributed by atoms with E-state index in [1.165, 1.54) is 0 Å². The van der Waals surface area contributed by atoms with Crippen molar-refractivity contribution in [1.82, 2.24) is 9.97 Å². The Balaban J connectivity index is 1.91. The standard InChI is InChI=1S/C26H27N5O3/c1-4-10-20-14-18(15-22(33-6-3)24(20)34-13-5-2)17-28-31-26-29-23(19-11-8-7-9-12-19)21(16-27)25(32)30-26/h4,7-9,11-12,14-15,17H,1,5-6,10,13H2,2-3H3,(H2,29,30,31,32). The second-order valence-corrected chi connectivity index (χ2v) is 7.27. The van der Waals surface area contributed by atoms with Gasteiger partial charge >= 0.3 is 0 Å². The van der Waals surface area contributed by atoms with Crippen LogP contribution >= 0.6 is 0 Å². The van der Waals surface area contributed by atoms with Gasteiger partial charge in [0, 0.05) is 11.1 Å². The van der Waals surface area contributed by atoms with Crippen LogP contribution in [0.4, 0.5) is 5.95 Å². The maximum absolute atomic E-state index is 12.4. The van der Waals surface area contributed by atoms with Gasteiger partial charge in [0.1, 0.15) is 11.6 Å². The van der Waals surface area contributed by atoms with E-state index in [4.69, 9.17) is 9.47 Å². The number of hydrazone groups is 1. The maximum atomic E-state index is 12.4. The summed E-state index contributed by atoms with van der Waals surface area (Å²) in [6.45, 7) is 8.87. The molecule has 0 aliphatic carbocycles. The van der Waals surface area contributed by atoms with Crippen LogP contribution in [0.1, 0.15) is 37.0 Å². The topological polar surface area (TPSA) is 112 Å². The zero-order valence-corrected chi connectivity index (χ0v) is 19.3. The maximum Gasteiger partial charge on any atom is 0.270 e. The summed E-state index contributed by atoms with van der Waals surface area (Å²) in [7, 11) is 0. The molecule has 0 fully saturated rings. The molecule has 0 saturated carbocycles. The zero-order valence-electron chi connectivity index (χ0n) is 19.3. The number of nitriles is 1. The molecule has 0 saturated heterocycles. The molecule has 2 N–H and O–H groups in total. The fourth-order valence-corrected chi connectivity index (χ4v) is 3.30. The smallest absolute Gasteiger partial charge is 0.270 e. The van der Waals surface area contributed by atoms with E-state index in [1.54, 1.807) is 24.4 Å². The number of ether oxygens (including phenoxy) is 2. The Morgan fingerprint density at radius 1 is 1.24 bits per heavy atom. The highest BCUT2D eigenvalue weighted by Crippen LogP contribution is 2.33. The number of nitrogens with zero attached hydrogens (tertiary/aromatic N) is 3. The largest absolute Gasteiger partial charge is 0.490 e. The van der Waals surface area contributed by atoms with E-state index in [-0.39, 0.29) is 17.2 Å². The number of aromatic nitrogens is 2. The second-order valence-electron chi connectivity index (χ2n) is 7.27. The molecule has 0 aliphatic rings. The molecule has 0 unspecified atom stereocenters. The van der Waals surface area contributed by atoms with E-state index in [0.29, 0.717) is 36.7 Å². The third-order valence-electron chi connectivity index (χ3n) is 4.73. The molecule has 174 valence electrons. The highest BCUT2D eigenvalue weighted by atomic mass is 16.5. The van der Waals surface area contributed by atoms with E-state index in [9.17, 15) is 10.1 Å². The van der Waals surface area contributed by atoms with Crippen LogP contribution in [-0.4, -0.2) is 29.4 Å². The highest BCUT2D eigenvalue weighted by molar-refractivity contribution is 5.82. The molecule has 0 amide bonds. The Labute approximate surface area is 198 Å². The van der Waals surface area contributed by atoms with Crippen LogP contribution in [0, 0.1) is 11.3 Å². The lowest BCUT2D eigenvalue weighted by molar-refractivity contribution is 0.275. The molecule has 0 bridgehead atoms. The number of benzene rings is 2. The normalized spacial score (nSPS) is 10.6. The van der Waals surface area contributed by atoms with Gasteiger partial charge in [0.15, 0.2) is 11.5 Å². The molecular weight excluding hydrogens is 430 g/mol. The molecule has 0 radical (unpaired) electrons. The van der Waals surface area contributed by atoms with Crippen molar-refractivity contribution in [3.63, 3.8) is 0 Å². The third-order valence-corrected chi connectivity index (χ3v) is 4.73. The first kappa shape index (κ1) is 24.3. The molecule has 8 nitrogen and oxygen atoms in total. The van der Waals surface area contributed by atoms with Gasteiger partial charge in [0.05, 0.1) is 25.1 Å². The molecular formula is C26H27N5O3. The lowest BCUT2D eigenvalue weighted by Gasteiger charge is -2.16. The Kier molecular flexibility index (Phi) is 8.58. The summed E-state index contributed by atoms with van der Waals surface area (Å²) in [5, 5.41) is 13.6. The van der Waals surface area contributed by atoms with Gasteiger partial charge in [-0.05, 0) is 37.5 Å². The Morgan fingerprint density at radius 3 is 2.71 bits per heavy atom. The minimum absolute atomic E-state index is 0.0566. The summed E-state index contributed by atoms with van der Waals surface area (Å²) in [5.41, 5.74) is 4.81. The lowest BCUT2D eigenvalue weighted by Crippen LogP contribution is -2.16. The first-order valence-electron chi connectivity index (χ1n) is 11.0. The number of anilines is 1. The van der Waals surface area contributed by atoms with Gasteiger partial charge < -0.3 is 9.47 Å². The Morgan fingerprint density at radius 2 is 2.03 bits per heavy atom. The van der Waals surface area contributed by atoms with E-state index in [1.807, 2.05) is 50.2 Å². The minimum atomic E-state index is -0.543. The van der Waals surface area contributed by atoms with Crippen molar-refractivity contribution >= 4 is 12.2 Å². The number of allylic oxidation sites excluding steroid dienone is 1. The van der Waals surface area contributed by atoms with Crippen LogP contribution in [0.5, 0.6) is 11.5 Å². The first-order valence-corrected chi connectivity index (χ1v) is 11.0. The van der Waals surface area contributed by atoms with Crippen molar-refractivity contribution in [3.05, 3.63) is 82.2 Å². The van der Waals surface area contributed by atoms with Crippen LogP contribution in [0.25, 0.3) is 11.3 Å². The Bertz CT molecular complexity index is 1260. The van der Waals surface area contributed by atoms with E-state index in [0.717, 1.165) is 17.5 Å². The van der Waals surface area contributed by atoms with Crippen molar-refractivity contribution in [2.75, 3.05) is 18.6 Å². The number of hydrogen-bond acceptors (Lipinski definition) is 7. The summed E-state index contributed by atoms with van der Waals surface area (Å²) < 4.78 is 11.7. The summed E-state index contributed by atoms with van der Waals surface area (Å²) in [4.78, 5) is 19.3. The molecule has 3 rings (SSSR count). The molecule has 3 aromatic rings. The SMILES string of the molecule is C=CCc1cc(C=NNc2nc(-c3ccccc3)c(C#N)c(=O)[nH]2)cc(OCC)c1OCCC. The zero-order chi connectivity index (χ0) is 24.3. The van der Waals surface area contributed by atoms with Crippen molar-refractivity contribution < 1.29 is 9.47 Å². The summed E-state index contributed by atoms with van der Waals surface area (Å²) in [6, 6.07) is 14.8. The van der Waals surface area contributed by atoms with Crippen LogP contribution in [0.15, 0.2) is 65.0 Å². The van der Waals surface area contributed by atoms with Crippen molar-refractivity contribution in [1.29, 1.82) is 5.26 Å². The molecule has 0 aliphatic heterocycles. The van der Waals surface area contributed by atoms with Gasteiger partial charge in [-0.25, -0.2) is 10.4 Å². The molecule has 1 aromatic heterocycles. The van der Waals surface area contributed by atoms with Gasteiger partial charge in [-0.2, -0.15) is 10.4 Å². The van der Waals surface area contributed by atoms with E-state index < -0.39 is 5.56 Å². The average molecular weight is 458 g/mol. The lowest BCUT2D eigenvalue weighted by atomic mass is 10.1. The van der Waals surface area contributed by atoms with Crippen LogP contribution in [0.3, 0.4) is 0 Å².